The summed E-state index contributed by atoms with van der Waals surface area (Å²) in [7, 11) is 1.79. The van der Waals surface area contributed by atoms with Gasteiger partial charge in [0, 0.05) is 52.9 Å². The standard InChI is InChI=1S/C26H23ClN6O/c1-14-5-7-18(30-24-12-22(31-32-24)19-8-6-15(2)29-25(19)27)11-20(14)21-10-17-13-28-16(3)9-23(17)33(4)26(21)34/h5-13H,1-4H3,(H2,30,31,32). The highest BCUT2D eigenvalue weighted by atomic mass is 35.5. The van der Waals surface area contributed by atoms with Crippen LogP contribution in [0.1, 0.15) is 17.0 Å². The topological polar surface area (TPSA) is 88.5 Å². The van der Waals surface area contributed by atoms with Gasteiger partial charge in [0.1, 0.15) is 5.15 Å². The molecule has 34 heavy (non-hydrogen) atoms. The first-order chi connectivity index (χ1) is 16.3. The predicted molar refractivity (Wildman–Crippen MR) is 137 cm³/mol. The number of rotatable bonds is 4. The van der Waals surface area contributed by atoms with Crippen molar-refractivity contribution >= 4 is 34.0 Å². The molecule has 0 radical (unpaired) electrons. The number of hydrogen-bond donors (Lipinski definition) is 2. The number of aromatic amines is 1. The summed E-state index contributed by atoms with van der Waals surface area (Å²) in [6.45, 7) is 5.81. The molecule has 170 valence electrons. The van der Waals surface area contributed by atoms with Crippen molar-refractivity contribution in [2.75, 3.05) is 5.32 Å². The zero-order valence-corrected chi connectivity index (χ0v) is 20.0. The number of anilines is 2. The van der Waals surface area contributed by atoms with Gasteiger partial charge in [0.15, 0.2) is 5.82 Å². The van der Waals surface area contributed by atoms with Crippen molar-refractivity contribution < 1.29 is 0 Å². The second-order valence-corrected chi connectivity index (χ2v) is 8.78. The van der Waals surface area contributed by atoms with Gasteiger partial charge in [-0.3, -0.25) is 14.9 Å². The fraction of sp³-hybridized carbons (Fsp3) is 0.154. The Labute approximate surface area is 201 Å². The van der Waals surface area contributed by atoms with E-state index in [0.717, 1.165) is 50.4 Å². The minimum Gasteiger partial charge on any atom is -0.339 e. The number of nitrogens with zero attached hydrogens (tertiary/aromatic N) is 4. The van der Waals surface area contributed by atoms with Gasteiger partial charge < -0.3 is 9.88 Å². The Hall–Kier alpha value is -3.97. The van der Waals surface area contributed by atoms with Crippen molar-refractivity contribution in [1.29, 1.82) is 0 Å². The fourth-order valence-corrected chi connectivity index (χ4v) is 4.34. The van der Waals surface area contributed by atoms with Gasteiger partial charge in [-0.05, 0) is 68.3 Å². The lowest BCUT2D eigenvalue weighted by molar-refractivity contribution is 0.905. The van der Waals surface area contributed by atoms with E-state index >= 15 is 0 Å². The maximum atomic E-state index is 13.2. The minimum atomic E-state index is -0.0538. The highest BCUT2D eigenvalue weighted by molar-refractivity contribution is 6.32. The quantitative estimate of drug-likeness (QED) is 0.328. The molecule has 0 fully saturated rings. The molecule has 0 aliphatic heterocycles. The predicted octanol–water partition coefficient (Wildman–Crippen LogP) is 5.71. The number of hydrogen-bond acceptors (Lipinski definition) is 5. The third-order valence-electron chi connectivity index (χ3n) is 5.90. The van der Waals surface area contributed by atoms with E-state index in [0.29, 0.717) is 16.5 Å². The summed E-state index contributed by atoms with van der Waals surface area (Å²) in [4.78, 5) is 21.9. The normalized spacial score (nSPS) is 11.2. The SMILES string of the molecule is Cc1cc2c(cn1)cc(-c1cc(Nc3cc(-c4ccc(C)nc4Cl)[nH]n3)ccc1C)c(=O)n2C. The van der Waals surface area contributed by atoms with Gasteiger partial charge >= 0.3 is 0 Å². The van der Waals surface area contributed by atoms with Crippen molar-refractivity contribution in [3.63, 3.8) is 0 Å². The molecule has 4 aromatic heterocycles. The van der Waals surface area contributed by atoms with Gasteiger partial charge in [-0.2, -0.15) is 5.10 Å². The molecule has 0 bridgehead atoms. The monoisotopic (exact) mass is 470 g/mol. The van der Waals surface area contributed by atoms with Crippen LogP contribution in [-0.4, -0.2) is 24.7 Å². The largest absolute Gasteiger partial charge is 0.339 e. The highest BCUT2D eigenvalue weighted by Crippen LogP contribution is 2.30. The molecule has 2 N–H and O–H groups in total. The average molecular weight is 471 g/mol. The van der Waals surface area contributed by atoms with Crippen LogP contribution in [0.4, 0.5) is 11.5 Å². The Bertz CT molecular complexity index is 1620. The van der Waals surface area contributed by atoms with Gasteiger partial charge in [-0.15, -0.1) is 0 Å². The smallest absolute Gasteiger partial charge is 0.258 e. The highest BCUT2D eigenvalue weighted by Gasteiger charge is 2.14. The Balaban J connectivity index is 1.51. The first-order valence-corrected chi connectivity index (χ1v) is 11.2. The van der Waals surface area contributed by atoms with Crippen molar-refractivity contribution in [1.82, 2.24) is 24.7 Å². The van der Waals surface area contributed by atoms with E-state index in [1.165, 1.54) is 0 Å². The van der Waals surface area contributed by atoms with E-state index in [1.807, 2.05) is 69.3 Å². The van der Waals surface area contributed by atoms with Crippen LogP contribution in [0.2, 0.25) is 5.15 Å². The summed E-state index contributed by atoms with van der Waals surface area (Å²) in [6.07, 6.45) is 1.81. The maximum Gasteiger partial charge on any atom is 0.258 e. The molecule has 0 saturated heterocycles. The molecular weight excluding hydrogens is 448 g/mol. The molecule has 0 aliphatic rings. The lowest BCUT2D eigenvalue weighted by Gasteiger charge is -2.13. The zero-order chi connectivity index (χ0) is 24.0. The molecule has 0 atom stereocenters. The molecule has 0 aliphatic carbocycles. The molecule has 7 nitrogen and oxygen atoms in total. The van der Waals surface area contributed by atoms with Crippen LogP contribution in [0.15, 0.2) is 59.5 Å². The van der Waals surface area contributed by atoms with Crippen LogP contribution in [-0.2, 0) is 7.05 Å². The molecule has 0 unspecified atom stereocenters. The number of fused-ring (bicyclic) bond motifs is 1. The molecule has 5 rings (SSSR count). The Morgan fingerprint density at radius 2 is 1.76 bits per heavy atom. The van der Waals surface area contributed by atoms with Gasteiger partial charge in [0.05, 0.1) is 11.2 Å². The van der Waals surface area contributed by atoms with E-state index in [2.05, 4.69) is 25.5 Å². The van der Waals surface area contributed by atoms with Crippen molar-refractivity contribution in [3.8, 4) is 22.4 Å². The summed E-state index contributed by atoms with van der Waals surface area (Å²) < 4.78 is 1.68. The van der Waals surface area contributed by atoms with Gasteiger partial charge in [0.2, 0.25) is 0 Å². The molecular formula is C26H23ClN6O. The van der Waals surface area contributed by atoms with Crippen LogP contribution in [0.3, 0.4) is 0 Å². The number of pyridine rings is 3. The van der Waals surface area contributed by atoms with E-state index in [-0.39, 0.29) is 5.56 Å². The van der Waals surface area contributed by atoms with Gasteiger partial charge in [-0.25, -0.2) is 4.98 Å². The Morgan fingerprint density at radius 3 is 2.56 bits per heavy atom. The van der Waals surface area contributed by atoms with Crippen LogP contribution in [0.5, 0.6) is 0 Å². The Morgan fingerprint density at radius 1 is 0.941 bits per heavy atom. The average Bonchev–Trinajstić information content (AvgIpc) is 3.26. The summed E-state index contributed by atoms with van der Waals surface area (Å²) >= 11 is 6.30. The van der Waals surface area contributed by atoms with Crippen LogP contribution in [0, 0.1) is 20.8 Å². The molecule has 8 heteroatoms. The molecule has 5 aromatic rings. The van der Waals surface area contributed by atoms with Crippen LogP contribution >= 0.6 is 11.6 Å². The van der Waals surface area contributed by atoms with Gasteiger partial charge in [-0.1, -0.05) is 17.7 Å². The zero-order valence-electron chi connectivity index (χ0n) is 19.3. The second-order valence-electron chi connectivity index (χ2n) is 8.42. The number of aryl methyl sites for hydroxylation is 4. The molecule has 4 heterocycles. The summed E-state index contributed by atoms with van der Waals surface area (Å²) in [5, 5.41) is 12.0. The number of halogens is 1. The van der Waals surface area contributed by atoms with Gasteiger partial charge in [0.25, 0.3) is 5.56 Å². The van der Waals surface area contributed by atoms with Crippen molar-refractivity contribution in [3.05, 3.63) is 87.2 Å². The first-order valence-electron chi connectivity index (χ1n) is 10.8. The maximum absolute atomic E-state index is 13.2. The number of benzene rings is 1. The fourth-order valence-electron chi connectivity index (χ4n) is 4.05. The first kappa shape index (κ1) is 21.9. The Kier molecular flexibility index (Phi) is 5.42. The van der Waals surface area contributed by atoms with E-state index in [4.69, 9.17) is 11.6 Å². The summed E-state index contributed by atoms with van der Waals surface area (Å²) in [5.41, 5.74) is 7.38. The molecule has 0 amide bonds. The molecule has 1 aromatic carbocycles. The second kappa shape index (κ2) is 8.43. The van der Waals surface area contributed by atoms with Crippen molar-refractivity contribution in [2.24, 2.45) is 7.05 Å². The third-order valence-corrected chi connectivity index (χ3v) is 6.19. The van der Waals surface area contributed by atoms with Crippen LogP contribution < -0.4 is 10.9 Å². The summed E-state index contributed by atoms with van der Waals surface area (Å²) in [6, 6.07) is 15.5. The van der Waals surface area contributed by atoms with Crippen molar-refractivity contribution in [2.45, 2.75) is 20.8 Å². The van der Waals surface area contributed by atoms with Crippen LogP contribution in [0.25, 0.3) is 33.3 Å². The molecule has 0 spiro atoms. The van der Waals surface area contributed by atoms with E-state index in [1.54, 1.807) is 17.8 Å². The number of aromatic nitrogens is 5. The number of H-pyrrole nitrogens is 1. The lowest BCUT2D eigenvalue weighted by atomic mass is 9.99. The summed E-state index contributed by atoms with van der Waals surface area (Å²) in [5.74, 6) is 0.632. The van der Waals surface area contributed by atoms with E-state index in [9.17, 15) is 4.79 Å². The minimum absolute atomic E-state index is 0.0538. The third kappa shape index (κ3) is 3.95. The lowest BCUT2D eigenvalue weighted by Crippen LogP contribution is -2.19. The molecule has 0 saturated carbocycles. The van der Waals surface area contributed by atoms with E-state index < -0.39 is 0 Å². The number of nitrogens with one attached hydrogen (secondary N) is 2.